The summed E-state index contributed by atoms with van der Waals surface area (Å²) in [5.41, 5.74) is 3.00. The highest BCUT2D eigenvalue weighted by Gasteiger charge is 2.16. The maximum Gasteiger partial charge on any atom is 0.259 e. The summed E-state index contributed by atoms with van der Waals surface area (Å²) < 4.78 is 13.4. The van der Waals surface area contributed by atoms with Crippen LogP contribution in [-0.2, 0) is 7.05 Å². The first kappa shape index (κ1) is 16.7. The number of aromatic amines is 1. The molecule has 5 nitrogen and oxygen atoms in total. The van der Waals surface area contributed by atoms with Crippen molar-refractivity contribution in [1.29, 1.82) is 0 Å². The predicted octanol–water partition coefficient (Wildman–Crippen LogP) is 4.47. The molecule has 26 heavy (non-hydrogen) atoms. The summed E-state index contributed by atoms with van der Waals surface area (Å²) in [6.45, 7) is 0. The number of fused-ring (bicyclic) bond motifs is 3. The molecule has 6 heteroatoms. The number of pyridine rings is 1. The van der Waals surface area contributed by atoms with Crippen molar-refractivity contribution >= 4 is 37.9 Å². The first-order valence-electron chi connectivity index (χ1n) is 8.07. The number of ether oxygens (including phenoxy) is 2. The van der Waals surface area contributed by atoms with Crippen LogP contribution < -0.4 is 15.0 Å². The van der Waals surface area contributed by atoms with Crippen molar-refractivity contribution in [2.24, 2.45) is 7.05 Å². The summed E-state index contributed by atoms with van der Waals surface area (Å²) in [5.74, 6) is 1.28. The minimum absolute atomic E-state index is 0.0911. The zero-order valence-corrected chi connectivity index (χ0v) is 16.2. The van der Waals surface area contributed by atoms with E-state index < -0.39 is 0 Å². The molecule has 4 rings (SSSR count). The molecule has 1 N–H and O–H groups in total. The summed E-state index contributed by atoms with van der Waals surface area (Å²) in [6.07, 6.45) is 0. The van der Waals surface area contributed by atoms with E-state index in [2.05, 4.69) is 20.9 Å². The van der Waals surface area contributed by atoms with Crippen molar-refractivity contribution < 1.29 is 9.47 Å². The van der Waals surface area contributed by atoms with Crippen LogP contribution in [-0.4, -0.2) is 23.8 Å². The third kappa shape index (κ3) is 2.49. The largest absolute Gasteiger partial charge is 0.497 e. The molecule has 0 aliphatic carbocycles. The van der Waals surface area contributed by atoms with Crippen LogP contribution in [0.5, 0.6) is 11.5 Å². The number of methoxy groups -OCH3 is 2. The van der Waals surface area contributed by atoms with Gasteiger partial charge in [-0.25, -0.2) is 0 Å². The number of halogens is 1. The molecular weight excluding hydrogens is 396 g/mol. The number of H-pyrrole nitrogens is 1. The number of nitrogens with one attached hydrogen (secondary N) is 1. The zero-order chi connectivity index (χ0) is 18.4. The molecule has 2 heterocycles. The second kappa shape index (κ2) is 6.21. The molecule has 0 amide bonds. The van der Waals surface area contributed by atoms with E-state index >= 15 is 0 Å². The first-order valence-corrected chi connectivity index (χ1v) is 8.86. The van der Waals surface area contributed by atoms with E-state index in [1.807, 2.05) is 36.4 Å². The molecule has 0 unspecified atom stereocenters. The average molecular weight is 413 g/mol. The SMILES string of the molecule is COc1ccc(-c2cc3c4cc(Br)ccc4[nH]c3n(C)c2=O)c(OC)c1. The second-order valence-corrected chi connectivity index (χ2v) is 6.98. The molecule has 0 radical (unpaired) electrons. The number of hydrogen-bond donors (Lipinski definition) is 1. The maximum absolute atomic E-state index is 13.0. The van der Waals surface area contributed by atoms with Crippen LogP contribution in [0, 0.1) is 0 Å². The van der Waals surface area contributed by atoms with E-state index in [1.54, 1.807) is 31.9 Å². The molecule has 4 aromatic rings. The number of hydrogen-bond acceptors (Lipinski definition) is 3. The van der Waals surface area contributed by atoms with Crippen molar-refractivity contribution in [3.05, 3.63) is 57.3 Å². The molecule has 0 atom stereocenters. The van der Waals surface area contributed by atoms with Crippen LogP contribution >= 0.6 is 15.9 Å². The molecule has 0 bridgehead atoms. The van der Waals surface area contributed by atoms with Gasteiger partial charge in [-0.1, -0.05) is 15.9 Å². The van der Waals surface area contributed by atoms with E-state index in [0.717, 1.165) is 32.0 Å². The first-order chi connectivity index (χ1) is 12.5. The molecule has 0 aliphatic rings. The number of rotatable bonds is 3. The Morgan fingerprint density at radius 2 is 1.77 bits per heavy atom. The van der Waals surface area contributed by atoms with Crippen molar-refractivity contribution in [3.8, 4) is 22.6 Å². The summed E-state index contributed by atoms with van der Waals surface area (Å²) >= 11 is 3.52. The van der Waals surface area contributed by atoms with Gasteiger partial charge in [0.25, 0.3) is 5.56 Å². The van der Waals surface area contributed by atoms with Crippen molar-refractivity contribution in [1.82, 2.24) is 9.55 Å². The lowest BCUT2D eigenvalue weighted by Gasteiger charge is -2.11. The van der Waals surface area contributed by atoms with E-state index in [9.17, 15) is 4.79 Å². The Morgan fingerprint density at radius 1 is 0.962 bits per heavy atom. The lowest BCUT2D eigenvalue weighted by atomic mass is 10.0. The van der Waals surface area contributed by atoms with Gasteiger partial charge in [0, 0.05) is 39.4 Å². The lowest BCUT2D eigenvalue weighted by Crippen LogP contribution is -2.19. The van der Waals surface area contributed by atoms with Crippen LogP contribution in [0.15, 0.2) is 51.7 Å². The van der Waals surface area contributed by atoms with Crippen LogP contribution in [0.4, 0.5) is 0 Å². The van der Waals surface area contributed by atoms with Gasteiger partial charge in [0.1, 0.15) is 17.1 Å². The quantitative estimate of drug-likeness (QED) is 0.540. The van der Waals surface area contributed by atoms with Gasteiger partial charge >= 0.3 is 0 Å². The van der Waals surface area contributed by atoms with Gasteiger partial charge in [0.05, 0.1) is 19.8 Å². The standard InChI is InChI=1S/C20H17BrN2O3/c1-23-19-15(14-8-11(21)4-7-17(14)22-19)10-16(20(23)24)13-6-5-12(25-2)9-18(13)26-3/h4-10,22H,1-3H3. The van der Waals surface area contributed by atoms with Crippen LogP contribution in [0.1, 0.15) is 0 Å². The molecule has 0 saturated heterocycles. The van der Waals surface area contributed by atoms with Crippen LogP contribution in [0.25, 0.3) is 33.1 Å². The van der Waals surface area contributed by atoms with Crippen molar-refractivity contribution in [3.63, 3.8) is 0 Å². The Hall–Kier alpha value is -2.73. The van der Waals surface area contributed by atoms with Gasteiger partial charge in [-0.15, -0.1) is 0 Å². The minimum Gasteiger partial charge on any atom is -0.497 e. The monoisotopic (exact) mass is 412 g/mol. The van der Waals surface area contributed by atoms with E-state index in [0.29, 0.717) is 17.1 Å². The summed E-state index contributed by atoms with van der Waals surface area (Å²) in [5, 5.41) is 2.04. The molecular formula is C20H17BrN2O3. The van der Waals surface area contributed by atoms with E-state index in [4.69, 9.17) is 9.47 Å². The molecule has 0 spiro atoms. The van der Waals surface area contributed by atoms with Gasteiger partial charge < -0.3 is 14.5 Å². The summed E-state index contributed by atoms with van der Waals surface area (Å²) in [7, 11) is 4.96. The average Bonchev–Trinajstić information content (AvgIpc) is 3.02. The summed E-state index contributed by atoms with van der Waals surface area (Å²) in [6, 6.07) is 13.4. The van der Waals surface area contributed by atoms with Gasteiger partial charge in [-0.05, 0) is 36.4 Å². The van der Waals surface area contributed by atoms with Crippen molar-refractivity contribution in [2.75, 3.05) is 14.2 Å². The number of nitrogens with zero attached hydrogens (tertiary/aromatic N) is 1. The molecule has 0 aliphatic heterocycles. The highest BCUT2D eigenvalue weighted by Crippen LogP contribution is 2.34. The third-order valence-electron chi connectivity index (χ3n) is 4.64. The molecule has 2 aromatic carbocycles. The Kier molecular flexibility index (Phi) is 4.00. The Morgan fingerprint density at radius 3 is 2.50 bits per heavy atom. The molecule has 132 valence electrons. The molecule has 0 saturated carbocycles. The van der Waals surface area contributed by atoms with Gasteiger partial charge in [0.2, 0.25) is 0 Å². The number of aryl methyl sites for hydroxylation is 1. The molecule has 2 aromatic heterocycles. The fraction of sp³-hybridized carbons (Fsp3) is 0.150. The topological polar surface area (TPSA) is 56.2 Å². The minimum atomic E-state index is -0.0911. The maximum atomic E-state index is 13.0. The van der Waals surface area contributed by atoms with Crippen LogP contribution in [0.3, 0.4) is 0 Å². The highest BCUT2D eigenvalue weighted by atomic mass is 79.9. The van der Waals surface area contributed by atoms with Crippen molar-refractivity contribution in [2.45, 2.75) is 0 Å². The van der Waals surface area contributed by atoms with Gasteiger partial charge in [-0.2, -0.15) is 0 Å². The number of aromatic nitrogens is 2. The Bertz CT molecular complexity index is 1210. The zero-order valence-electron chi connectivity index (χ0n) is 14.6. The molecule has 0 fully saturated rings. The normalized spacial score (nSPS) is 11.2. The van der Waals surface area contributed by atoms with Gasteiger partial charge in [-0.3, -0.25) is 9.36 Å². The Balaban J connectivity index is 2.08. The smallest absolute Gasteiger partial charge is 0.259 e. The Labute approximate surface area is 158 Å². The van der Waals surface area contributed by atoms with Gasteiger partial charge in [0.15, 0.2) is 0 Å². The predicted molar refractivity (Wildman–Crippen MR) is 107 cm³/mol. The van der Waals surface area contributed by atoms with E-state index in [1.165, 1.54) is 0 Å². The van der Waals surface area contributed by atoms with Crippen LogP contribution in [0.2, 0.25) is 0 Å². The van der Waals surface area contributed by atoms with E-state index in [-0.39, 0.29) is 5.56 Å². The third-order valence-corrected chi connectivity index (χ3v) is 5.13. The highest BCUT2D eigenvalue weighted by molar-refractivity contribution is 9.10. The number of benzene rings is 2. The fourth-order valence-electron chi connectivity index (χ4n) is 3.28. The second-order valence-electron chi connectivity index (χ2n) is 6.07. The lowest BCUT2D eigenvalue weighted by molar-refractivity contribution is 0.395. The summed E-state index contributed by atoms with van der Waals surface area (Å²) in [4.78, 5) is 16.3. The fourth-order valence-corrected chi connectivity index (χ4v) is 3.64.